The highest BCUT2D eigenvalue weighted by molar-refractivity contribution is 5.62. The van der Waals surface area contributed by atoms with Crippen molar-refractivity contribution in [2.24, 2.45) is 0 Å². The Labute approximate surface area is 110 Å². The summed E-state index contributed by atoms with van der Waals surface area (Å²) in [6, 6.07) is 17.7. The molecule has 0 unspecified atom stereocenters. The van der Waals surface area contributed by atoms with Gasteiger partial charge in [-0.2, -0.15) is 0 Å². The maximum atomic E-state index is 5.73. The third-order valence-corrected chi connectivity index (χ3v) is 2.31. The molecule has 2 rings (SSSR count). The first kappa shape index (κ1) is 14.0. The average Bonchev–Trinajstić information content (AvgIpc) is 2.42. The Kier molecular flexibility index (Phi) is 5.72. The Morgan fingerprint density at radius 1 is 0.889 bits per heavy atom. The summed E-state index contributed by atoms with van der Waals surface area (Å²) >= 11 is 0. The van der Waals surface area contributed by atoms with Crippen molar-refractivity contribution in [2.45, 2.75) is 20.8 Å². The number of hydrogen-bond acceptors (Lipinski definition) is 1. The van der Waals surface area contributed by atoms with Crippen LogP contribution in [0.25, 0.3) is 5.57 Å². The minimum Gasteiger partial charge on any atom is -0.457 e. The van der Waals surface area contributed by atoms with Crippen LogP contribution in [0.2, 0.25) is 0 Å². The van der Waals surface area contributed by atoms with Crippen molar-refractivity contribution in [3.63, 3.8) is 0 Å². The Balaban J connectivity index is 0.000000771. The lowest BCUT2D eigenvalue weighted by atomic mass is 10.1. The first-order chi connectivity index (χ1) is 8.75. The van der Waals surface area contributed by atoms with Crippen LogP contribution < -0.4 is 4.74 Å². The molecule has 1 heteroatoms. The quantitative estimate of drug-likeness (QED) is 0.684. The Morgan fingerprint density at radius 2 is 1.50 bits per heavy atom. The van der Waals surface area contributed by atoms with Crippen LogP contribution in [0.4, 0.5) is 0 Å². The Morgan fingerprint density at radius 3 is 2.11 bits per heavy atom. The van der Waals surface area contributed by atoms with Crippen LogP contribution in [0, 0.1) is 0 Å². The molecule has 0 amide bonds. The summed E-state index contributed by atoms with van der Waals surface area (Å²) in [6.45, 7) is 9.91. The van der Waals surface area contributed by atoms with Gasteiger partial charge in [0.1, 0.15) is 11.5 Å². The highest BCUT2D eigenvalue weighted by Gasteiger charge is 1.98. The molecule has 1 nitrogen and oxygen atoms in total. The Hall–Kier alpha value is -2.02. The van der Waals surface area contributed by atoms with Gasteiger partial charge in [0, 0.05) is 0 Å². The maximum Gasteiger partial charge on any atom is 0.128 e. The molecular formula is C17H20O. The standard InChI is InChI=1S/C15H14O.C2H6/c1-12(2)13-7-6-10-15(11-13)16-14-8-4-3-5-9-14;1-2/h3-11H,1H2,2H3;1-2H3. The van der Waals surface area contributed by atoms with Gasteiger partial charge in [-0.25, -0.2) is 0 Å². The largest absolute Gasteiger partial charge is 0.457 e. The van der Waals surface area contributed by atoms with Crippen molar-refractivity contribution in [3.05, 3.63) is 66.7 Å². The first-order valence-electron chi connectivity index (χ1n) is 6.24. The van der Waals surface area contributed by atoms with E-state index in [-0.39, 0.29) is 0 Å². The van der Waals surface area contributed by atoms with Crippen LogP contribution in [-0.2, 0) is 0 Å². The zero-order valence-corrected chi connectivity index (χ0v) is 11.3. The third kappa shape index (κ3) is 4.10. The fourth-order valence-electron chi connectivity index (χ4n) is 1.45. The van der Waals surface area contributed by atoms with Gasteiger partial charge < -0.3 is 4.74 Å². The molecule has 0 saturated carbocycles. The van der Waals surface area contributed by atoms with Gasteiger partial charge in [0.25, 0.3) is 0 Å². The number of para-hydroxylation sites is 1. The van der Waals surface area contributed by atoms with Gasteiger partial charge in [-0.3, -0.25) is 0 Å². The number of benzene rings is 2. The fraction of sp³-hybridized carbons (Fsp3) is 0.176. The minimum atomic E-state index is 0.840. The van der Waals surface area contributed by atoms with Crippen LogP contribution >= 0.6 is 0 Å². The molecule has 0 spiro atoms. The molecule has 0 saturated heterocycles. The van der Waals surface area contributed by atoms with Crippen molar-refractivity contribution in [3.8, 4) is 11.5 Å². The lowest BCUT2D eigenvalue weighted by molar-refractivity contribution is 0.482. The second kappa shape index (κ2) is 7.33. The van der Waals surface area contributed by atoms with Gasteiger partial charge in [0.05, 0.1) is 0 Å². The van der Waals surface area contributed by atoms with Gasteiger partial charge in [0.15, 0.2) is 0 Å². The van der Waals surface area contributed by atoms with Gasteiger partial charge in [-0.05, 0) is 36.8 Å². The normalized spacial score (nSPS) is 9.06. The predicted molar refractivity (Wildman–Crippen MR) is 79.0 cm³/mol. The zero-order valence-electron chi connectivity index (χ0n) is 11.3. The highest BCUT2D eigenvalue weighted by Crippen LogP contribution is 2.23. The maximum absolute atomic E-state index is 5.73. The molecule has 2 aromatic carbocycles. The van der Waals surface area contributed by atoms with E-state index in [0.717, 1.165) is 22.6 Å². The summed E-state index contributed by atoms with van der Waals surface area (Å²) in [6.07, 6.45) is 0. The summed E-state index contributed by atoms with van der Waals surface area (Å²) in [4.78, 5) is 0. The SMILES string of the molecule is C=C(C)c1cccc(Oc2ccccc2)c1.CC. The van der Waals surface area contributed by atoms with E-state index in [2.05, 4.69) is 6.58 Å². The van der Waals surface area contributed by atoms with Crippen LogP contribution in [0.1, 0.15) is 26.3 Å². The van der Waals surface area contributed by atoms with Gasteiger partial charge in [-0.1, -0.05) is 56.3 Å². The molecule has 0 aliphatic rings. The van der Waals surface area contributed by atoms with Crippen LogP contribution in [0.5, 0.6) is 11.5 Å². The molecule has 0 heterocycles. The lowest BCUT2D eigenvalue weighted by Crippen LogP contribution is -1.85. The van der Waals surface area contributed by atoms with Crippen molar-refractivity contribution in [2.75, 3.05) is 0 Å². The van der Waals surface area contributed by atoms with Crippen LogP contribution in [-0.4, -0.2) is 0 Å². The van der Waals surface area contributed by atoms with Crippen molar-refractivity contribution in [1.82, 2.24) is 0 Å². The fourth-order valence-corrected chi connectivity index (χ4v) is 1.45. The molecule has 2 aromatic rings. The first-order valence-corrected chi connectivity index (χ1v) is 6.24. The number of rotatable bonds is 3. The van der Waals surface area contributed by atoms with E-state index in [1.54, 1.807) is 0 Å². The summed E-state index contributed by atoms with van der Waals surface area (Å²) in [5, 5.41) is 0. The summed E-state index contributed by atoms with van der Waals surface area (Å²) < 4.78 is 5.73. The molecule has 0 radical (unpaired) electrons. The molecule has 0 bridgehead atoms. The van der Waals surface area contributed by atoms with Crippen molar-refractivity contribution < 1.29 is 4.74 Å². The topological polar surface area (TPSA) is 9.23 Å². The highest BCUT2D eigenvalue weighted by atomic mass is 16.5. The molecule has 0 atom stereocenters. The molecule has 0 aliphatic heterocycles. The van der Waals surface area contributed by atoms with E-state index in [0.29, 0.717) is 0 Å². The van der Waals surface area contributed by atoms with E-state index < -0.39 is 0 Å². The Bertz CT molecular complexity index is 486. The number of ether oxygens (including phenoxy) is 1. The van der Waals surface area contributed by atoms with E-state index in [9.17, 15) is 0 Å². The number of allylic oxidation sites excluding steroid dienone is 1. The predicted octanol–water partition coefficient (Wildman–Crippen LogP) is 5.54. The molecule has 0 aromatic heterocycles. The average molecular weight is 240 g/mol. The van der Waals surface area contributed by atoms with E-state index in [4.69, 9.17) is 4.74 Å². The smallest absolute Gasteiger partial charge is 0.128 e. The lowest BCUT2D eigenvalue weighted by Gasteiger charge is -2.07. The summed E-state index contributed by atoms with van der Waals surface area (Å²) in [5.74, 6) is 1.69. The van der Waals surface area contributed by atoms with Crippen LogP contribution in [0.3, 0.4) is 0 Å². The zero-order chi connectivity index (χ0) is 13.4. The molecule has 0 aliphatic carbocycles. The summed E-state index contributed by atoms with van der Waals surface area (Å²) in [5.41, 5.74) is 2.15. The second-order valence-electron chi connectivity index (χ2n) is 3.72. The van der Waals surface area contributed by atoms with E-state index >= 15 is 0 Å². The minimum absolute atomic E-state index is 0.840. The van der Waals surface area contributed by atoms with Gasteiger partial charge >= 0.3 is 0 Å². The van der Waals surface area contributed by atoms with E-state index in [1.807, 2.05) is 75.4 Å². The van der Waals surface area contributed by atoms with Gasteiger partial charge in [-0.15, -0.1) is 0 Å². The number of hydrogen-bond donors (Lipinski definition) is 0. The molecule has 0 fully saturated rings. The molecule has 18 heavy (non-hydrogen) atoms. The summed E-state index contributed by atoms with van der Waals surface area (Å²) in [7, 11) is 0. The monoisotopic (exact) mass is 240 g/mol. The second-order valence-corrected chi connectivity index (χ2v) is 3.72. The van der Waals surface area contributed by atoms with Crippen molar-refractivity contribution >= 4 is 5.57 Å². The third-order valence-electron chi connectivity index (χ3n) is 2.31. The molecule has 94 valence electrons. The van der Waals surface area contributed by atoms with Crippen LogP contribution in [0.15, 0.2) is 61.2 Å². The van der Waals surface area contributed by atoms with Gasteiger partial charge in [0.2, 0.25) is 0 Å². The van der Waals surface area contributed by atoms with E-state index in [1.165, 1.54) is 0 Å². The molecule has 0 N–H and O–H groups in total. The molecular weight excluding hydrogens is 220 g/mol. The van der Waals surface area contributed by atoms with Crippen molar-refractivity contribution in [1.29, 1.82) is 0 Å².